The fraction of sp³-hybridized carbons (Fsp3) is 0.105. The number of carboxylic acids is 1. The number of amides is 1. The number of hydrogen-bond donors (Lipinski definition) is 2. The first kappa shape index (κ1) is 17.2. The van der Waals surface area contributed by atoms with Crippen LogP contribution in [0.1, 0.15) is 16.2 Å². The van der Waals surface area contributed by atoms with Crippen LogP contribution in [0, 0.1) is 6.92 Å². The van der Waals surface area contributed by atoms with Crippen molar-refractivity contribution in [3.63, 3.8) is 0 Å². The molecule has 0 aliphatic carbocycles. The fourth-order valence-corrected chi connectivity index (χ4v) is 2.30. The molecule has 2 aromatic carbocycles. The molecule has 1 heterocycles. The molecule has 132 valence electrons. The van der Waals surface area contributed by atoms with E-state index in [4.69, 9.17) is 14.3 Å². The molecule has 0 aliphatic heterocycles. The molecule has 0 aliphatic rings. The number of carboxylic acid groups (broad SMARTS) is 1. The van der Waals surface area contributed by atoms with Crippen LogP contribution < -0.4 is 10.1 Å². The van der Waals surface area contributed by atoms with E-state index in [0.29, 0.717) is 22.9 Å². The zero-order valence-electron chi connectivity index (χ0n) is 13.9. The molecule has 1 amide bonds. The van der Waals surface area contributed by atoms with Crippen LogP contribution in [0.3, 0.4) is 0 Å². The third kappa shape index (κ3) is 4.27. The quantitative estimate of drug-likeness (QED) is 0.705. The van der Waals surface area contributed by atoms with E-state index in [9.17, 15) is 9.59 Å². The number of carbonyl (C=O) groups excluding carboxylic acids is 1. The Morgan fingerprint density at radius 3 is 2.62 bits per heavy atom. The maximum atomic E-state index is 12.4. The lowest BCUT2D eigenvalue weighted by Crippen LogP contribution is -2.13. The van der Waals surface area contributed by atoms with Gasteiger partial charge in [-0.15, -0.1) is 0 Å². The molecule has 0 radical (unpaired) electrons. The number of oxazole rings is 1. The number of aromatic nitrogens is 1. The first-order chi connectivity index (χ1) is 12.5. The lowest BCUT2D eigenvalue weighted by molar-refractivity contribution is -0.139. The molecule has 7 nitrogen and oxygen atoms in total. The number of nitrogens with one attached hydrogen (secondary N) is 1. The highest BCUT2D eigenvalue weighted by Crippen LogP contribution is 2.21. The third-order valence-electron chi connectivity index (χ3n) is 3.52. The van der Waals surface area contributed by atoms with E-state index in [1.807, 2.05) is 12.1 Å². The average Bonchev–Trinajstić information content (AvgIpc) is 3.07. The van der Waals surface area contributed by atoms with Gasteiger partial charge >= 0.3 is 5.97 Å². The molecule has 3 rings (SSSR count). The van der Waals surface area contributed by atoms with E-state index in [1.54, 1.807) is 43.5 Å². The molecule has 0 spiro atoms. The van der Waals surface area contributed by atoms with Crippen LogP contribution >= 0.6 is 0 Å². The molecule has 0 bridgehead atoms. The van der Waals surface area contributed by atoms with Crippen LogP contribution in [0.15, 0.2) is 59.2 Å². The molecular formula is C19H16N2O5. The second-order valence-electron chi connectivity index (χ2n) is 5.49. The van der Waals surface area contributed by atoms with E-state index >= 15 is 0 Å². The number of aliphatic carboxylic acids is 1. The minimum absolute atomic E-state index is 0.316. The summed E-state index contributed by atoms with van der Waals surface area (Å²) in [5.41, 5.74) is 2.59. The molecule has 0 saturated heterocycles. The molecule has 26 heavy (non-hydrogen) atoms. The van der Waals surface area contributed by atoms with Gasteiger partial charge in [-0.2, -0.15) is 0 Å². The van der Waals surface area contributed by atoms with Gasteiger partial charge in [0.25, 0.3) is 5.91 Å². The van der Waals surface area contributed by atoms with Crippen molar-refractivity contribution >= 4 is 17.6 Å². The monoisotopic (exact) mass is 352 g/mol. The van der Waals surface area contributed by atoms with Gasteiger partial charge in [0.05, 0.1) is 0 Å². The molecule has 7 heteroatoms. The highest BCUT2D eigenvalue weighted by atomic mass is 16.5. The van der Waals surface area contributed by atoms with Crippen molar-refractivity contribution in [1.82, 2.24) is 4.98 Å². The summed E-state index contributed by atoms with van der Waals surface area (Å²) in [5.74, 6) is -0.503. The summed E-state index contributed by atoms with van der Waals surface area (Å²) >= 11 is 0. The second kappa shape index (κ2) is 7.52. The number of nitrogens with zero attached hydrogens (tertiary/aromatic N) is 1. The second-order valence-corrected chi connectivity index (χ2v) is 5.49. The van der Waals surface area contributed by atoms with Crippen molar-refractivity contribution in [2.45, 2.75) is 6.92 Å². The van der Waals surface area contributed by atoms with Crippen LogP contribution in [0.4, 0.5) is 5.69 Å². The summed E-state index contributed by atoms with van der Waals surface area (Å²) in [7, 11) is 0. The Balaban J connectivity index is 1.68. The van der Waals surface area contributed by atoms with E-state index in [1.165, 1.54) is 6.07 Å². The maximum Gasteiger partial charge on any atom is 0.341 e. The maximum absolute atomic E-state index is 12.4. The van der Waals surface area contributed by atoms with Gasteiger partial charge in [0.1, 0.15) is 17.7 Å². The number of hydrogen-bond acceptors (Lipinski definition) is 5. The molecule has 0 fully saturated rings. The van der Waals surface area contributed by atoms with Crippen LogP contribution in [0.5, 0.6) is 5.75 Å². The number of carbonyl (C=O) groups is 2. The molecule has 2 N–H and O–H groups in total. The average molecular weight is 352 g/mol. The molecule has 3 aromatic rings. The number of aryl methyl sites for hydroxylation is 1. The Kier molecular flexibility index (Phi) is 4.98. The van der Waals surface area contributed by atoms with Crippen LogP contribution in [-0.4, -0.2) is 28.6 Å². The molecule has 0 atom stereocenters. The van der Waals surface area contributed by atoms with Gasteiger partial charge in [-0.25, -0.2) is 9.78 Å². The highest BCUT2D eigenvalue weighted by molar-refractivity contribution is 6.04. The molecule has 1 aromatic heterocycles. The largest absolute Gasteiger partial charge is 0.482 e. The lowest BCUT2D eigenvalue weighted by Gasteiger charge is -2.08. The first-order valence-corrected chi connectivity index (χ1v) is 7.80. The number of rotatable bonds is 6. The number of benzene rings is 2. The number of anilines is 1. The minimum atomic E-state index is -1.08. The van der Waals surface area contributed by atoms with Crippen molar-refractivity contribution in [3.8, 4) is 17.0 Å². The van der Waals surface area contributed by atoms with Gasteiger partial charge in [0, 0.05) is 23.7 Å². The van der Waals surface area contributed by atoms with Crippen LogP contribution in [0.25, 0.3) is 11.3 Å². The fourth-order valence-electron chi connectivity index (χ4n) is 2.30. The molecule has 0 saturated carbocycles. The predicted octanol–water partition coefficient (Wildman–Crippen LogP) is 3.37. The molecule has 0 unspecified atom stereocenters. The van der Waals surface area contributed by atoms with Crippen molar-refractivity contribution in [3.05, 3.63) is 66.2 Å². The Labute approximate surface area is 149 Å². The Morgan fingerprint density at radius 2 is 1.96 bits per heavy atom. The van der Waals surface area contributed by atoms with Crippen molar-refractivity contribution in [2.24, 2.45) is 0 Å². The van der Waals surface area contributed by atoms with Gasteiger partial charge in [-0.05, 0) is 30.3 Å². The summed E-state index contributed by atoms with van der Waals surface area (Å²) in [5, 5.41) is 11.4. The summed E-state index contributed by atoms with van der Waals surface area (Å²) in [6, 6.07) is 13.5. The van der Waals surface area contributed by atoms with Crippen LogP contribution in [0.2, 0.25) is 0 Å². The Hall–Kier alpha value is -3.61. The van der Waals surface area contributed by atoms with Gasteiger partial charge in [0.15, 0.2) is 12.5 Å². The smallest absolute Gasteiger partial charge is 0.341 e. The van der Waals surface area contributed by atoms with Crippen molar-refractivity contribution in [2.75, 3.05) is 11.9 Å². The topological polar surface area (TPSA) is 102 Å². The lowest BCUT2D eigenvalue weighted by atomic mass is 10.1. The minimum Gasteiger partial charge on any atom is -0.482 e. The van der Waals surface area contributed by atoms with Crippen molar-refractivity contribution in [1.29, 1.82) is 0 Å². The summed E-state index contributed by atoms with van der Waals surface area (Å²) in [6.45, 7) is 1.31. The molecular weight excluding hydrogens is 336 g/mol. The summed E-state index contributed by atoms with van der Waals surface area (Å²) in [6.07, 6.45) is 1.57. The zero-order chi connectivity index (χ0) is 18.5. The SMILES string of the molecule is Cc1nc(-c2ccc(NC(=O)c3cccc(OCC(=O)O)c3)cc2)co1. The Morgan fingerprint density at radius 1 is 1.19 bits per heavy atom. The van der Waals surface area contributed by atoms with E-state index in [-0.39, 0.29) is 5.91 Å². The van der Waals surface area contributed by atoms with Gasteiger partial charge in [-0.1, -0.05) is 18.2 Å². The zero-order valence-corrected chi connectivity index (χ0v) is 13.9. The van der Waals surface area contributed by atoms with Crippen LogP contribution in [-0.2, 0) is 4.79 Å². The number of ether oxygens (including phenoxy) is 1. The van der Waals surface area contributed by atoms with E-state index in [2.05, 4.69) is 10.3 Å². The predicted molar refractivity (Wildman–Crippen MR) is 94.2 cm³/mol. The third-order valence-corrected chi connectivity index (χ3v) is 3.52. The van der Waals surface area contributed by atoms with Gasteiger partial charge < -0.3 is 19.6 Å². The van der Waals surface area contributed by atoms with E-state index in [0.717, 1.165) is 11.3 Å². The highest BCUT2D eigenvalue weighted by Gasteiger charge is 2.09. The Bertz CT molecular complexity index is 931. The van der Waals surface area contributed by atoms with Crippen molar-refractivity contribution < 1.29 is 23.8 Å². The van der Waals surface area contributed by atoms with Gasteiger partial charge in [0.2, 0.25) is 0 Å². The standard InChI is InChI=1S/C19H16N2O5/c1-12-20-17(10-25-12)13-5-7-15(8-6-13)21-19(24)14-3-2-4-16(9-14)26-11-18(22)23/h2-10H,11H2,1H3,(H,21,24)(H,22,23). The summed E-state index contributed by atoms with van der Waals surface area (Å²) in [4.78, 5) is 27.2. The van der Waals surface area contributed by atoms with Gasteiger partial charge in [-0.3, -0.25) is 4.79 Å². The van der Waals surface area contributed by atoms with E-state index < -0.39 is 12.6 Å². The first-order valence-electron chi connectivity index (χ1n) is 7.80. The normalized spacial score (nSPS) is 10.3. The summed E-state index contributed by atoms with van der Waals surface area (Å²) < 4.78 is 10.3.